The third-order valence-corrected chi connectivity index (χ3v) is 11.0. The lowest BCUT2D eigenvalue weighted by atomic mass is 9.78. The first kappa shape index (κ1) is 42.5. The number of hydrogen-bond acceptors (Lipinski definition) is 12. The highest BCUT2D eigenvalue weighted by atomic mass is 19.4. The molecule has 0 saturated carbocycles. The molecule has 3 saturated heterocycles. The minimum absolute atomic E-state index is 0.0419. The highest BCUT2D eigenvalue weighted by molar-refractivity contribution is 6.00. The van der Waals surface area contributed by atoms with Gasteiger partial charge in [-0.25, -0.2) is 0 Å². The fourth-order valence-electron chi connectivity index (χ4n) is 7.94. The number of alkyl halides is 3. The number of rotatable bonds is 9. The summed E-state index contributed by atoms with van der Waals surface area (Å²) in [6.45, 7) is 12.8. The zero-order valence-corrected chi connectivity index (χ0v) is 31.3. The lowest BCUT2D eigenvalue weighted by Crippen LogP contribution is -2.60. The quantitative estimate of drug-likeness (QED) is 0.183. The van der Waals surface area contributed by atoms with E-state index < -0.39 is 84.1 Å². The highest BCUT2D eigenvalue weighted by Crippen LogP contribution is 2.42. The van der Waals surface area contributed by atoms with Crippen molar-refractivity contribution in [1.82, 2.24) is 15.5 Å². The number of aliphatic hydroxyl groups is 1. The second-order valence-corrected chi connectivity index (χ2v) is 15.2. The Labute approximate surface area is 294 Å². The highest BCUT2D eigenvalue weighted by Gasteiger charge is 2.55. The number of ether oxygens (including phenoxy) is 5. The van der Waals surface area contributed by atoms with E-state index in [2.05, 4.69) is 10.6 Å². The fraction of sp³-hybridized carbons (Fsp3) is 0.914. The number of hydrogen-bond donors (Lipinski definition) is 3. The Morgan fingerprint density at radius 3 is 2.36 bits per heavy atom. The standard InChI is InChI=1S/C35H60F3N3O9/c1-11-26-34(7)24(15-27(42)50-34)22(5)40-17-19(2)16-33(6,46-10)30(20(3)28(43)21(4)31(45)48-26)49-32-29(44)25(41(8)9)14-23(47-32)18-39-13-12-35(36,37)38/h19-26,29-30,32,39-40,44H,11-18H2,1-10H3/t19-,20+,21?,22-,23?,24-,25?,26-,29?,30-,32?,33-,34+/m1/s1. The van der Waals surface area contributed by atoms with Crippen LogP contribution in [0, 0.1) is 23.7 Å². The lowest BCUT2D eigenvalue weighted by molar-refractivity contribution is -0.297. The van der Waals surface area contributed by atoms with Crippen molar-refractivity contribution in [2.45, 2.75) is 141 Å². The van der Waals surface area contributed by atoms with Gasteiger partial charge in [-0.15, -0.1) is 0 Å². The van der Waals surface area contributed by atoms with Gasteiger partial charge in [0.25, 0.3) is 0 Å². The van der Waals surface area contributed by atoms with Crippen molar-refractivity contribution in [3.05, 3.63) is 0 Å². The average Bonchev–Trinajstić information content (AvgIpc) is 3.36. The van der Waals surface area contributed by atoms with Crippen LogP contribution >= 0.6 is 0 Å². The number of methoxy groups -OCH3 is 1. The van der Waals surface area contributed by atoms with Crippen molar-refractivity contribution in [2.75, 3.05) is 40.8 Å². The van der Waals surface area contributed by atoms with Crippen LogP contribution in [0.5, 0.6) is 0 Å². The molecule has 290 valence electrons. The monoisotopic (exact) mass is 723 g/mol. The normalized spacial score (nSPS) is 41.3. The van der Waals surface area contributed by atoms with Crippen LogP contribution in [0.15, 0.2) is 0 Å². The Bertz CT molecular complexity index is 1160. The maximum atomic E-state index is 14.2. The molecule has 0 aromatic heterocycles. The number of carbonyl (C=O) groups is 3. The van der Waals surface area contributed by atoms with E-state index >= 15 is 0 Å². The molecule has 3 rings (SSSR count). The maximum absolute atomic E-state index is 14.2. The lowest BCUT2D eigenvalue weighted by Gasteiger charge is -2.47. The van der Waals surface area contributed by atoms with Crippen molar-refractivity contribution in [1.29, 1.82) is 0 Å². The number of halogens is 3. The predicted molar refractivity (Wildman–Crippen MR) is 178 cm³/mol. The van der Waals surface area contributed by atoms with E-state index in [0.717, 1.165) is 0 Å². The van der Waals surface area contributed by atoms with E-state index in [1.165, 1.54) is 14.0 Å². The van der Waals surface area contributed by atoms with Crippen molar-refractivity contribution in [2.24, 2.45) is 23.7 Å². The number of cyclic esters (lactones) is 1. The molecule has 3 aliphatic rings. The SMILES string of the molecule is CC[C@H]1OC(=O)C(C)C(=O)[C@H](C)[C@@H](OC2OC(CNCCC(F)(F)F)CC(N(C)C)C2O)[C@](C)(OC)C[C@@H](C)CN[C@H](C)[C@H]2CC(=O)O[C@@]21C. The number of likely N-dealkylation sites (N-methyl/N-ethyl adjacent to an activating group) is 1. The summed E-state index contributed by atoms with van der Waals surface area (Å²) in [4.78, 5) is 42.2. The number of carbonyl (C=O) groups excluding carboxylic acids is 3. The zero-order valence-electron chi connectivity index (χ0n) is 31.3. The van der Waals surface area contributed by atoms with E-state index in [4.69, 9.17) is 23.7 Å². The van der Waals surface area contributed by atoms with Crippen LogP contribution in [-0.4, -0.2) is 129 Å². The minimum Gasteiger partial charge on any atom is -0.458 e. The molecule has 0 aromatic carbocycles. The van der Waals surface area contributed by atoms with Gasteiger partial charge < -0.3 is 44.3 Å². The number of Topliss-reactive ketones (excluding diaryl/α,β-unsaturated/α-hetero) is 1. The molecule has 12 nitrogen and oxygen atoms in total. The Kier molecular flexibility index (Phi) is 14.7. The molecule has 0 bridgehead atoms. The van der Waals surface area contributed by atoms with Gasteiger partial charge in [-0.1, -0.05) is 20.8 Å². The van der Waals surface area contributed by atoms with Crippen LogP contribution in [0.25, 0.3) is 0 Å². The van der Waals surface area contributed by atoms with Gasteiger partial charge in [0.05, 0.1) is 30.7 Å². The third-order valence-electron chi connectivity index (χ3n) is 11.0. The van der Waals surface area contributed by atoms with Gasteiger partial charge in [-0.2, -0.15) is 13.2 Å². The van der Waals surface area contributed by atoms with Gasteiger partial charge in [-0.05, 0) is 73.5 Å². The summed E-state index contributed by atoms with van der Waals surface area (Å²) in [6, 6.07) is -0.661. The summed E-state index contributed by atoms with van der Waals surface area (Å²) in [6.07, 6.45) is -8.95. The molecule has 0 radical (unpaired) electrons. The molecule has 3 N–H and O–H groups in total. The van der Waals surface area contributed by atoms with Gasteiger partial charge >= 0.3 is 18.1 Å². The van der Waals surface area contributed by atoms with Gasteiger partial charge in [0.1, 0.15) is 18.1 Å². The molecule has 5 unspecified atom stereocenters. The topological polar surface area (TPSA) is 145 Å². The fourth-order valence-corrected chi connectivity index (χ4v) is 7.94. The van der Waals surface area contributed by atoms with Crippen molar-refractivity contribution in [3.63, 3.8) is 0 Å². The first-order valence-corrected chi connectivity index (χ1v) is 17.8. The summed E-state index contributed by atoms with van der Waals surface area (Å²) >= 11 is 0. The van der Waals surface area contributed by atoms with Crippen LogP contribution in [0.4, 0.5) is 13.2 Å². The Balaban J connectivity index is 1.97. The Morgan fingerprint density at radius 2 is 1.78 bits per heavy atom. The largest absolute Gasteiger partial charge is 0.458 e. The summed E-state index contributed by atoms with van der Waals surface area (Å²) < 4.78 is 69.0. The molecule has 50 heavy (non-hydrogen) atoms. The average molecular weight is 724 g/mol. The number of aliphatic hydroxyl groups excluding tert-OH is 1. The molecule has 0 amide bonds. The molecule has 0 aromatic rings. The van der Waals surface area contributed by atoms with Crippen LogP contribution in [-0.2, 0) is 38.1 Å². The van der Waals surface area contributed by atoms with Gasteiger partial charge in [0, 0.05) is 44.1 Å². The molecular formula is C35H60F3N3O9. The van der Waals surface area contributed by atoms with Gasteiger partial charge in [0.2, 0.25) is 0 Å². The second-order valence-electron chi connectivity index (χ2n) is 15.2. The first-order chi connectivity index (χ1) is 23.2. The zero-order chi connectivity index (χ0) is 37.8. The predicted octanol–water partition coefficient (Wildman–Crippen LogP) is 3.23. The summed E-state index contributed by atoms with van der Waals surface area (Å²) in [5.41, 5.74) is -2.24. The van der Waals surface area contributed by atoms with Gasteiger partial charge in [-0.3, -0.25) is 14.4 Å². The van der Waals surface area contributed by atoms with Crippen LogP contribution in [0.2, 0.25) is 0 Å². The summed E-state index contributed by atoms with van der Waals surface area (Å²) in [7, 11) is 5.07. The van der Waals surface area contributed by atoms with Gasteiger partial charge in [0.15, 0.2) is 17.7 Å². The number of nitrogens with zero attached hydrogens (tertiary/aromatic N) is 1. The van der Waals surface area contributed by atoms with Crippen molar-refractivity contribution < 1.29 is 56.3 Å². The number of ketones is 1. The number of esters is 2. The van der Waals surface area contributed by atoms with E-state index in [1.807, 2.05) is 27.7 Å². The van der Waals surface area contributed by atoms with Crippen LogP contribution in [0.3, 0.4) is 0 Å². The smallest absolute Gasteiger partial charge is 0.390 e. The maximum Gasteiger partial charge on any atom is 0.390 e. The number of nitrogens with one attached hydrogen (secondary N) is 2. The second kappa shape index (κ2) is 17.3. The van der Waals surface area contributed by atoms with Crippen LogP contribution in [0.1, 0.15) is 80.6 Å². The minimum atomic E-state index is -4.30. The van der Waals surface area contributed by atoms with E-state index in [-0.39, 0.29) is 43.4 Å². The molecule has 3 aliphatic heterocycles. The van der Waals surface area contributed by atoms with E-state index in [9.17, 15) is 32.7 Å². The summed E-state index contributed by atoms with van der Waals surface area (Å²) in [5, 5.41) is 17.8. The molecular weight excluding hydrogens is 663 g/mol. The van der Waals surface area contributed by atoms with E-state index in [1.54, 1.807) is 32.8 Å². The molecule has 13 atom stereocenters. The molecule has 3 fully saturated rings. The third kappa shape index (κ3) is 10.2. The molecule has 3 heterocycles. The Morgan fingerprint density at radius 1 is 1.12 bits per heavy atom. The van der Waals surface area contributed by atoms with Crippen molar-refractivity contribution >= 4 is 17.7 Å². The number of fused-ring (bicyclic) bond motifs is 1. The van der Waals surface area contributed by atoms with Crippen molar-refractivity contribution in [3.8, 4) is 0 Å². The van der Waals surface area contributed by atoms with E-state index in [0.29, 0.717) is 25.8 Å². The molecule has 0 spiro atoms. The summed E-state index contributed by atoms with van der Waals surface area (Å²) in [5.74, 6) is -4.13. The first-order valence-electron chi connectivity index (χ1n) is 17.8. The van der Waals surface area contributed by atoms with Crippen LogP contribution < -0.4 is 10.6 Å². The molecule has 0 aliphatic carbocycles. The Hall–Kier alpha value is -1.88. The molecule has 15 heteroatoms.